The predicted molar refractivity (Wildman–Crippen MR) is 103 cm³/mol. The number of aromatic nitrogens is 3. The van der Waals surface area contributed by atoms with Crippen LogP contribution in [0.5, 0.6) is 0 Å². The van der Waals surface area contributed by atoms with Crippen LogP contribution in [0, 0.1) is 5.82 Å². The van der Waals surface area contributed by atoms with Crippen LogP contribution in [0.15, 0.2) is 42.9 Å². The van der Waals surface area contributed by atoms with Crippen molar-refractivity contribution in [3.05, 3.63) is 54.4 Å². The number of ketones is 1. The van der Waals surface area contributed by atoms with Crippen LogP contribution >= 0.6 is 11.3 Å². The quantitative estimate of drug-likeness (QED) is 0.516. The fourth-order valence-electron chi connectivity index (χ4n) is 2.34. The summed E-state index contributed by atoms with van der Waals surface area (Å²) in [5.74, 6) is -1.91. The highest BCUT2D eigenvalue weighted by Gasteiger charge is 2.19. The highest BCUT2D eigenvalue weighted by Crippen LogP contribution is 2.31. The zero-order valence-corrected chi connectivity index (χ0v) is 16.5. The lowest BCUT2D eigenvalue weighted by molar-refractivity contribution is 0.101. The van der Waals surface area contributed by atoms with E-state index in [-0.39, 0.29) is 18.1 Å². The lowest BCUT2D eigenvalue weighted by Crippen LogP contribution is -2.22. The van der Waals surface area contributed by atoms with Crippen molar-refractivity contribution in [3.8, 4) is 21.1 Å². The fourth-order valence-corrected chi connectivity index (χ4v) is 4.32. The third-order valence-corrected chi connectivity index (χ3v) is 6.25. The second-order valence-electron chi connectivity index (χ2n) is 5.84. The summed E-state index contributed by atoms with van der Waals surface area (Å²) in [4.78, 5) is 25.3. The van der Waals surface area contributed by atoms with Crippen molar-refractivity contribution in [2.75, 3.05) is 25.2 Å². The smallest absolute Gasteiger partial charge is 0.196 e. The van der Waals surface area contributed by atoms with Gasteiger partial charge in [0.2, 0.25) is 0 Å². The van der Waals surface area contributed by atoms with Crippen LogP contribution in [0.1, 0.15) is 10.5 Å². The molecule has 10 heteroatoms. The average molecular weight is 421 g/mol. The number of hydrogen-bond donors (Lipinski definition) is 0. The summed E-state index contributed by atoms with van der Waals surface area (Å²) in [6.45, 7) is 0.0294. The molecule has 0 spiro atoms. The van der Waals surface area contributed by atoms with Crippen LogP contribution in [0.4, 0.5) is 4.39 Å². The van der Waals surface area contributed by atoms with E-state index in [4.69, 9.17) is 4.74 Å². The van der Waals surface area contributed by atoms with Gasteiger partial charge in [0, 0.05) is 25.1 Å². The second-order valence-corrected chi connectivity index (χ2v) is 9.05. The van der Waals surface area contributed by atoms with Crippen LogP contribution in [0.25, 0.3) is 21.1 Å². The van der Waals surface area contributed by atoms with E-state index in [1.165, 1.54) is 36.8 Å². The highest BCUT2D eigenvalue weighted by molar-refractivity contribution is 7.92. The Morgan fingerprint density at radius 2 is 2.07 bits per heavy atom. The molecule has 7 nitrogen and oxygen atoms in total. The number of nitrogens with zero attached hydrogens (tertiary/aromatic N) is 3. The molecular weight excluding hydrogens is 405 g/mol. The Hall–Kier alpha value is -2.56. The van der Waals surface area contributed by atoms with Gasteiger partial charge in [-0.1, -0.05) is 6.07 Å². The van der Waals surface area contributed by atoms with E-state index in [2.05, 4.69) is 15.0 Å². The van der Waals surface area contributed by atoms with Crippen LogP contribution in [0.3, 0.4) is 0 Å². The van der Waals surface area contributed by atoms with Crippen molar-refractivity contribution in [1.82, 2.24) is 15.0 Å². The van der Waals surface area contributed by atoms with Crippen molar-refractivity contribution in [2.45, 2.75) is 0 Å². The van der Waals surface area contributed by atoms with E-state index >= 15 is 0 Å². The highest BCUT2D eigenvalue weighted by atomic mass is 32.2. The molecule has 0 radical (unpaired) electrons. The van der Waals surface area contributed by atoms with E-state index < -0.39 is 27.2 Å². The topological polar surface area (TPSA) is 99.1 Å². The standard InChI is InChI=1S/C18H16FN3O4S2/c1-26-5-6-28(24,25)11-16(23)14-3-2-4-15(22-14)17-10-21-18(27-17)12-7-13(19)9-20-8-12/h2-4,7-10H,5-6,11H2,1H3. The molecule has 0 unspecified atom stereocenters. The SMILES string of the molecule is COCCS(=O)(=O)CC(=O)c1cccc(-c2cnc(-c3cncc(F)c3)s2)n1. The normalized spacial score (nSPS) is 11.5. The van der Waals surface area contributed by atoms with Gasteiger partial charge in [0.05, 0.1) is 29.1 Å². The first-order valence-electron chi connectivity index (χ1n) is 8.15. The molecule has 0 aliphatic rings. The van der Waals surface area contributed by atoms with Gasteiger partial charge in [-0.2, -0.15) is 0 Å². The van der Waals surface area contributed by atoms with Gasteiger partial charge >= 0.3 is 0 Å². The van der Waals surface area contributed by atoms with Crippen molar-refractivity contribution < 1.29 is 22.3 Å². The molecule has 3 aromatic heterocycles. The maximum atomic E-state index is 13.3. The van der Waals surface area contributed by atoms with Gasteiger partial charge in [-0.3, -0.25) is 9.78 Å². The number of thiazole rings is 1. The summed E-state index contributed by atoms with van der Waals surface area (Å²) >= 11 is 1.27. The van der Waals surface area contributed by atoms with Gasteiger partial charge in [-0.25, -0.2) is 22.8 Å². The number of rotatable bonds is 8. The summed E-state index contributed by atoms with van der Waals surface area (Å²) in [7, 11) is -2.18. The minimum atomic E-state index is -3.57. The molecule has 3 rings (SSSR count). The number of ether oxygens (including phenoxy) is 1. The number of sulfone groups is 1. The molecule has 28 heavy (non-hydrogen) atoms. The summed E-state index contributed by atoms with van der Waals surface area (Å²) in [6.07, 6.45) is 4.18. The number of Topliss-reactive ketones (excluding diaryl/α,β-unsaturated/α-hetero) is 1. The first kappa shape index (κ1) is 20.2. The largest absolute Gasteiger partial charge is 0.384 e. The zero-order valence-electron chi connectivity index (χ0n) is 14.8. The van der Waals surface area contributed by atoms with E-state index in [9.17, 15) is 17.6 Å². The van der Waals surface area contributed by atoms with Crippen LogP contribution < -0.4 is 0 Å². The van der Waals surface area contributed by atoms with Crippen LogP contribution in [-0.2, 0) is 14.6 Å². The maximum absolute atomic E-state index is 13.3. The van der Waals surface area contributed by atoms with Crippen LogP contribution in [-0.4, -0.2) is 54.4 Å². The van der Waals surface area contributed by atoms with Crippen molar-refractivity contribution in [1.29, 1.82) is 0 Å². The molecular formula is C18H16FN3O4S2. The van der Waals surface area contributed by atoms with Gasteiger partial charge in [0.1, 0.15) is 22.3 Å². The monoisotopic (exact) mass is 421 g/mol. The maximum Gasteiger partial charge on any atom is 0.196 e. The van der Waals surface area contributed by atoms with Gasteiger partial charge < -0.3 is 4.74 Å². The number of halogens is 1. The Morgan fingerprint density at radius 3 is 2.82 bits per heavy atom. The van der Waals surface area contributed by atoms with Gasteiger partial charge in [-0.15, -0.1) is 11.3 Å². The van der Waals surface area contributed by atoms with E-state index in [1.807, 2.05) is 0 Å². The number of carbonyl (C=O) groups excluding carboxylic acids is 1. The van der Waals surface area contributed by atoms with Crippen molar-refractivity contribution in [2.24, 2.45) is 0 Å². The molecule has 0 saturated heterocycles. The Bertz CT molecular complexity index is 1100. The van der Waals surface area contributed by atoms with E-state index in [0.717, 1.165) is 6.20 Å². The summed E-state index contributed by atoms with van der Waals surface area (Å²) in [5.41, 5.74) is 1.07. The minimum absolute atomic E-state index is 0.0294. The van der Waals surface area contributed by atoms with E-state index in [0.29, 0.717) is 21.1 Å². The molecule has 0 saturated carbocycles. The first-order valence-corrected chi connectivity index (χ1v) is 10.8. The molecule has 0 bridgehead atoms. The minimum Gasteiger partial charge on any atom is -0.384 e. The molecule has 0 N–H and O–H groups in total. The molecule has 146 valence electrons. The molecule has 0 atom stereocenters. The molecule has 0 aliphatic heterocycles. The first-order chi connectivity index (χ1) is 13.4. The lowest BCUT2D eigenvalue weighted by atomic mass is 10.2. The second kappa shape index (κ2) is 8.63. The van der Waals surface area contributed by atoms with Gasteiger partial charge in [-0.05, 0) is 18.2 Å². The Kier molecular flexibility index (Phi) is 6.22. The number of pyridine rings is 2. The molecule has 0 amide bonds. The van der Waals surface area contributed by atoms with Gasteiger partial charge in [0.25, 0.3) is 0 Å². The summed E-state index contributed by atoms with van der Waals surface area (Å²) < 4.78 is 42.0. The summed E-state index contributed by atoms with van der Waals surface area (Å²) in [5, 5.41) is 0.558. The molecule has 0 aliphatic carbocycles. The van der Waals surface area contributed by atoms with Crippen molar-refractivity contribution in [3.63, 3.8) is 0 Å². The predicted octanol–water partition coefficient (Wildman–Crippen LogP) is 2.65. The average Bonchev–Trinajstić information content (AvgIpc) is 3.16. The molecule has 0 fully saturated rings. The Balaban J connectivity index is 1.81. The van der Waals surface area contributed by atoms with E-state index in [1.54, 1.807) is 18.3 Å². The molecule has 3 aromatic rings. The Labute approximate surface area is 165 Å². The zero-order chi connectivity index (χ0) is 20.1. The fraction of sp³-hybridized carbons (Fsp3) is 0.222. The van der Waals surface area contributed by atoms with Crippen molar-refractivity contribution >= 4 is 27.0 Å². The molecule has 0 aromatic carbocycles. The third-order valence-electron chi connectivity index (χ3n) is 3.69. The number of methoxy groups -OCH3 is 1. The lowest BCUT2D eigenvalue weighted by Gasteiger charge is -2.04. The van der Waals surface area contributed by atoms with Gasteiger partial charge in [0.15, 0.2) is 15.6 Å². The third kappa shape index (κ3) is 5.03. The molecule has 3 heterocycles. The Morgan fingerprint density at radius 1 is 1.25 bits per heavy atom. The van der Waals surface area contributed by atoms with Crippen LogP contribution in [0.2, 0.25) is 0 Å². The summed E-state index contributed by atoms with van der Waals surface area (Å²) in [6, 6.07) is 6.11. The number of carbonyl (C=O) groups is 1. The number of hydrogen-bond acceptors (Lipinski definition) is 8.